The topological polar surface area (TPSA) is 32.3 Å². The SMILES string of the molecule is CC(C)(C)CCNC(=O)CCN1CCCCC1. The summed E-state index contributed by atoms with van der Waals surface area (Å²) in [5.41, 5.74) is 0.306. The normalized spacial score (nSPS) is 18.1. The molecule has 0 atom stereocenters. The molecule has 0 radical (unpaired) electrons. The molecule has 100 valence electrons. The number of rotatable bonds is 5. The molecule has 0 aromatic rings. The molecule has 3 nitrogen and oxygen atoms in total. The van der Waals surface area contributed by atoms with Crippen molar-refractivity contribution >= 4 is 5.91 Å². The number of piperidine rings is 1. The summed E-state index contributed by atoms with van der Waals surface area (Å²) in [6, 6.07) is 0. The number of nitrogens with zero attached hydrogens (tertiary/aromatic N) is 1. The highest BCUT2D eigenvalue weighted by molar-refractivity contribution is 5.76. The third kappa shape index (κ3) is 7.37. The molecule has 1 N–H and O–H groups in total. The molecule has 1 aliphatic rings. The van der Waals surface area contributed by atoms with Gasteiger partial charge in [0.2, 0.25) is 5.91 Å². The Balaban J connectivity index is 2.04. The van der Waals surface area contributed by atoms with Gasteiger partial charge in [0.1, 0.15) is 0 Å². The number of carbonyl (C=O) groups is 1. The largest absolute Gasteiger partial charge is 0.356 e. The lowest BCUT2D eigenvalue weighted by Gasteiger charge is -2.26. The second-order valence-corrected chi connectivity index (χ2v) is 6.31. The Morgan fingerprint density at radius 2 is 1.82 bits per heavy atom. The van der Waals surface area contributed by atoms with Crippen LogP contribution in [0.4, 0.5) is 0 Å². The zero-order valence-electron chi connectivity index (χ0n) is 11.7. The second-order valence-electron chi connectivity index (χ2n) is 6.31. The molecule has 0 aromatic heterocycles. The summed E-state index contributed by atoms with van der Waals surface area (Å²) in [6.07, 6.45) is 5.65. The van der Waals surface area contributed by atoms with Crippen LogP contribution in [0.5, 0.6) is 0 Å². The molecule has 0 aromatic carbocycles. The Morgan fingerprint density at radius 1 is 1.18 bits per heavy atom. The maximum absolute atomic E-state index is 11.6. The van der Waals surface area contributed by atoms with E-state index in [1.54, 1.807) is 0 Å². The summed E-state index contributed by atoms with van der Waals surface area (Å²) >= 11 is 0. The van der Waals surface area contributed by atoms with Crippen molar-refractivity contribution in [1.82, 2.24) is 10.2 Å². The molecule has 1 saturated heterocycles. The quantitative estimate of drug-likeness (QED) is 0.800. The third-order valence-corrected chi connectivity index (χ3v) is 3.30. The molecule has 3 heteroatoms. The first-order chi connectivity index (χ1) is 7.97. The smallest absolute Gasteiger partial charge is 0.221 e. The fraction of sp³-hybridized carbons (Fsp3) is 0.929. The van der Waals surface area contributed by atoms with Crippen LogP contribution in [0.15, 0.2) is 0 Å². The molecule has 1 rings (SSSR count). The van der Waals surface area contributed by atoms with E-state index in [-0.39, 0.29) is 5.91 Å². The van der Waals surface area contributed by atoms with Crippen LogP contribution in [0, 0.1) is 5.41 Å². The van der Waals surface area contributed by atoms with E-state index >= 15 is 0 Å². The number of nitrogens with one attached hydrogen (secondary N) is 1. The molecular formula is C14H28N2O. The lowest BCUT2D eigenvalue weighted by molar-refractivity contribution is -0.121. The van der Waals surface area contributed by atoms with Crippen LogP contribution in [-0.4, -0.2) is 37.0 Å². The Kier molecular flexibility index (Phi) is 5.96. The van der Waals surface area contributed by atoms with Crippen molar-refractivity contribution in [3.05, 3.63) is 0 Å². The van der Waals surface area contributed by atoms with Gasteiger partial charge in [-0.3, -0.25) is 4.79 Å². The summed E-state index contributed by atoms with van der Waals surface area (Å²) in [5.74, 6) is 0.208. The predicted molar refractivity (Wildman–Crippen MR) is 72.0 cm³/mol. The fourth-order valence-corrected chi connectivity index (χ4v) is 2.11. The van der Waals surface area contributed by atoms with E-state index in [2.05, 4.69) is 31.0 Å². The van der Waals surface area contributed by atoms with Gasteiger partial charge >= 0.3 is 0 Å². The van der Waals surface area contributed by atoms with E-state index in [0.717, 1.165) is 19.5 Å². The molecule has 1 fully saturated rings. The maximum atomic E-state index is 11.6. The minimum Gasteiger partial charge on any atom is -0.356 e. The molecular weight excluding hydrogens is 212 g/mol. The standard InChI is InChI=1S/C14H28N2O/c1-14(2,3)8-9-15-13(17)7-12-16-10-5-4-6-11-16/h4-12H2,1-3H3,(H,15,17). The first kappa shape index (κ1) is 14.5. The van der Waals surface area contributed by atoms with E-state index in [4.69, 9.17) is 0 Å². The molecule has 1 amide bonds. The average molecular weight is 240 g/mol. The van der Waals surface area contributed by atoms with Gasteiger partial charge < -0.3 is 10.2 Å². The minimum absolute atomic E-state index is 0.208. The van der Waals surface area contributed by atoms with E-state index in [1.807, 2.05) is 0 Å². The van der Waals surface area contributed by atoms with Crippen LogP contribution in [0.25, 0.3) is 0 Å². The zero-order valence-corrected chi connectivity index (χ0v) is 11.7. The highest BCUT2D eigenvalue weighted by Crippen LogP contribution is 2.16. The summed E-state index contributed by atoms with van der Waals surface area (Å²) in [6.45, 7) is 10.7. The zero-order chi connectivity index (χ0) is 12.7. The molecule has 0 aliphatic carbocycles. The first-order valence-electron chi connectivity index (χ1n) is 6.96. The minimum atomic E-state index is 0.208. The molecule has 0 bridgehead atoms. The summed E-state index contributed by atoms with van der Waals surface area (Å²) in [5, 5.41) is 3.01. The molecule has 1 heterocycles. The summed E-state index contributed by atoms with van der Waals surface area (Å²) < 4.78 is 0. The van der Waals surface area contributed by atoms with Crippen LogP contribution in [0.3, 0.4) is 0 Å². The van der Waals surface area contributed by atoms with Crippen molar-refractivity contribution in [2.45, 2.75) is 52.9 Å². The van der Waals surface area contributed by atoms with Crippen molar-refractivity contribution in [2.75, 3.05) is 26.2 Å². The van der Waals surface area contributed by atoms with Gasteiger partial charge in [0, 0.05) is 19.5 Å². The number of hydrogen-bond acceptors (Lipinski definition) is 2. The monoisotopic (exact) mass is 240 g/mol. The number of amides is 1. The van der Waals surface area contributed by atoms with Crippen molar-refractivity contribution in [1.29, 1.82) is 0 Å². The van der Waals surface area contributed by atoms with Gasteiger partial charge in [0.05, 0.1) is 0 Å². The number of likely N-dealkylation sites (tertiary alicyclic amines) is 1. The highest BCUT2D eigenvalue weighted by Gasteiger charge is 2.13. The van der Waals surface area contributed by atoms with Crippen LogP contribution in [0.1, 0.15) is 52.9 Å². The van der Waals surface area contributed by atoms with Gasteiger partial charge in [-0.2, -0.15) is 0 Å². The number of hydrogen-bond donors (Lipinski definition) is 1. The molecule has 1 aliphatic heterocycles. The summed E-state index contributed by atoms with van der Waals surface area (Å²) in [7, 11) is 0. The second kappa shape index (κ2) is 7.00. The maximum Gasteiger partial charge on any atom is 0.221 e. The summed E-state index contributed by atoms with van der Waals surface area (Å²) in [4.78, 5) is 14.0. The van der Waals surface area contributed by atoms with Gasteiger partial charge in [-0.05, 0) is 37.8 Å². The van der Waals surface area contributed by atoms with Crippen molar-refractivity contribution < 1.29 is 4.79 Å². The average Bonchev–Trinajstić information content (AvgIpc) is 2.26. The first-order valence-corrected chi connectivity index (χ1v) is 6.96. The fourth-order valence-electron chi connectivity index (χ4n) is 2.11. The van der Waals surface area contributed by atoms with Crippen molar-refractivity contribution in [2.24, 2.45) is 5.41 Å². The molecule has 0 spiro atoms. The molecule has 17 heavy (non-hydrogen) atoms. The van der Waals surface area contributed by atoms with Gasteiger partial charge in [-0.25, -0.2) is 0 Å². The predicted octanol–water partition coefficient (Wildman–Crippen LogP) is 2.41. The number of carbonyl (C=O) groups excluding carboxylic acids is 1. The van der Waals surface area contributed by atoms with Crippen molar-refractivity contribution in [3.63, 3.8) is 0 Å². The van der Waals surface area contributed by atoms with E-state index in [9.17, 15) is 4.79 Å². The van der Waals surface area contributed by atoms with Crippen LogP contribution in [-0.2, 0) is 4.79 Å². The van der Waals surface area contributed by atoms with Gasteiger partial charge in [0.15, 0.2) is 0 Å². The Bertz CT molecular complexity index is 227. The Morgan fingerprint density at radius 3 is 2.41 bits per heavy atom. The van der Waals surface area contributed by atoms with Gasteiger partial charge in [0.25, 0.3) is 0 Å². The van der Waals surface area contributed by atoms with E-state index in [0.29, 0.717) is 11.8 Å². The molecule has 0 unspecified atom stereocenters. The van der Waals surface area contributed by atoms with Crippen LogP contribution >= 0.6 is 0 Å². The van der Waals surface area contributed by atoms with Crippen molar-refractivity contribution in [3.8, 4) is 0 Å². The Hall–Kier alpha value is -0.570. The lowest BCUT2D eigenvalue weighted by atomic mass is 9.92. The van der Waals surface area contributed by atoms with Crippen LogP contribution < -0.4 is 5.32 Å². The highest BCUT2D eigenvalue weighted by atomic mass is 16.1. The Labute approximate surface area is 106 Å². The van der Waals surface area contributed by atoms with E-state index in [1.165, 1.54) is 32.4 Å². The van der Waals surface area contributed by atoms with Gasteiger partial charge in [-0.15, -0.1) is 0 Å². The third-order valence-electron chi connectivity index (χ3n) is 3.30. The van der Waals surface area contributed by atoms with Gasteiger partial charge in [-0.1, -0.05) is 27.2 Å². The molecule has 0 saturated carbocycles. The van der Waals surface area contributed by atoms with Crippen LogP contribution in [0.2, 0.25) is 0 Å². The lowest BCUT2D eigenvalue weighted by Crippen LogP contribution is -2.35. The van der Waals surface area contributed by atoms with E-state index < -0.39 is 0 Å².